The maximum Gasteiger partial charge on any atom is 0.0514 e. The highest BCUT2D eigenvalue weighted by Gasteiger charge is 2.18. The van der Waals surface area contributed by atoms with Crippen LogP contribution in [-0.2, 0) is 0 Å². The largest absolute Gasteiger partial charge is 0.329 e. The third kappa shape index (κ3) is 5.58. The van der Waals surface area contributed by atoms with Gasteiger partial charge in [0.2, 0.25) is 0 Å². The minimum Gasteiger partial charge on any atom is -0.329 e. The van der Waals surface area contributed by atoms with Crippen molar-refractivity contribution in [1.82, 2.24) is 5.32 Å². The van der Waals surface area contributed by atoms with Crippen LogP contribution < -0.4 is 27.0 Å². The van der Waals surface area contributed by atoms with E-state index in [4.69, 9.17) is 5.73 Å². The summed E-state index contributed by atoms with van der Waals surface area (Å²) in [5.41, 5.74) is 6.69. The zero-order valence-corrected chi connectivity index (χ0v) is 16.4. The van der Waals surface area contributed by atoms with Gasteiger partial charge in [0.05, 0.1) is 6.54 Å². The van der Waals surface area contributed by atoms with Crippen molar-refractivity contribution in [2.45, 2.75) is 0 Å². The van der Waals surface area contributed by atoms with Crippen LogP contribution in [-0.4, -0.2) is 32.4 Å². The number of rotatable bonds is 9. The van der Waals surface area contributed by atoms with Crippen LogP contribution >= 0.6 is 7.92 Å². The Hall–Kier alpha value is -2.32. The van der Waals surface area contributed by atoms with E-state index in [1.807, 2.05) is 6.21 Å². The second-order valence-electron chi connectivity index (χ2n) is 6.14. The third-order valence-corrected chi connectivity index (χ3v) is 6.69. The molecule has 4 heteroatoms. The molecular formula is C23H26N3P. The molecule has 0 saturated carbocycles. The van der Waals surface area contributed by atoms with E-state index in [-0.39, 0.29) is 0 Å². The van der Waals surface area contributed by atoms with Crippen molar-refractivity contribution in [3.63, 3.8) is 0 Å². The van der Waals surface area contributed by atoms with Crippen molar-refractivity contribution in [2.75, 3.05) is 26.2 Å². The molecule has 3 aromatic rings. The highest BCUT2D eigenvalue weighted by Crippen LogP contribution is 2.33. The average Bonchev–Trinajstić information content (AvgIpc) is 2.73. The lowest BCUT2D eigenvalue weighted by Crippen LogP contribution is -2.25. The molecule has 0 radical (unpaired) electrons. The standard InChI is InChI=1S/C23H26N3P/c24-15-16-25-17-18-26-19-20-9-7-8-14-23(20)27(21-10-3-1-4-11-21)22-12-5-2-6-13-22/h1-14,19,25H,15-18,24H2. The zero-order chi connectivity index (χ0) is 18.7. The van der Waals surface area contributed by atoms with Crippen LogP contribution in [0.25, 0.3) is 0 Å². The SMILES string of the molecule is NCCNCCN=Cc1ccccc1P(c1ccccc1)c1ccccc1. The first-order valence-electron chi connectivity index (χ1n) is 9.30. The topological polar surface area (TPSA) is 50.4 Å². The molecule has 0 amide bonds. The molecule has 0 bridgehead atoms. The van der Waals surface area contributed by atoms with Gasteiger partial charge in [0, 0.05) is 31.4 Å². The summed E-state index contributed by atoms with van der Waals surface area (Å²) in [6.07, 6.45) is 2.01. The van der Waals surface area contributed by atoms with Gasteiger partial charge in [0.25, 0.3) is 0 Å². The van der Waals surface area contributed by atoms with E-state index in [1.54, 1.807) is 0 Å². The van der Waals surface area contributed by atoms with Crippen LogP contribution in [0.5, 0.6) is 0 Å². The van der Waals surface area contributed by atoms with Crippen molar-refractivity contribution < 1.29 is 0 Å². The lowest BCUT2D eigenvalue weighted by Gasteiger charge is -2.21. The van der Waals surface area contributed by atoms with E-state index >= 15 is 0 Å². The van der Waals surface area contributed by atoms with E-state index < -0.39 is 7.92 Å². The predicted octanol–water partition coefficient (Wildman–Crippen LogP) is 2.41. The predicted molar refractivity (Wildman–Crippen MR) is 120 cm³/mol. The average molecular weight is 375 g/mol. The van der Waals surface area contributed by atoms with E-state index in [0.717, 1.165) is 19.6 Å². The molecule has 0 aliphatic rings. The molecule has 0 saturated heterocycles. The maximum absolute atomic E-state index is 5.50. The molecule has 0 aliphatic heterocycles. The van der Waals surface area contributed by atoms with Crippen molar-refractivity contribution in [1.29, 1.82) is 0 Å². The number of hydrogen-bond donors (Lipinski definition) is 2. The molecule has 27 heavy (non-hydrogen) atoms. The fourth-order valence-electron chi connectivity index (χ4n) is 2.92. The van der Waals surface area contributed by atoms with E-state index in [9.17, 15) is 0 Å². The summed E-state index contributed by atoms with van der Waals surface area (Å²) in [6.45, 7) is 3.09. The van der Waals surface area contributed by atoms with E-state index in [1.165, 1.54) is 21.5 Å². The first-order chi connectivity index (χ1) is 13.4. The lowest BCUT2D eigenvalue weighted by atomic mass is 10.2. The number of nitrogens with two attached hydrogens (primary N) is 1. The molecular weight excluding hydrogens is 349 g/mol. The number of nitrogens with one attached hydrogen (secondary N) is 1. The van der Waals surface area contributed by atoms with Gasteiger partial charge in [-0.25, -0.2) is 0 Å². The van der Waals surface area contributed by atoms with Gasteiger partial charge < -0.3 is 11.1 Å². The monoisotopic (exact) mass is 375 g/mol. The molecule has 0 aliphatic carbocycles. The molecule has 138 valence electrons. The minimum absolute atomic E-state index is 0.620. The molecule has 3 N–H and O–H groups in total. The zero-order valence-electron chi connectivity index (χ0n) is 15.5. The minimum atomic E-state index is -0.620. The molecule has 0 unspecified atom stereocenters. The van der Waals surface area contributed by atoms with Crippen LogP contribution in [0.3, 0.4) is 0 Å². The van der Waals surface area contributed by atoms with Gasteiger partial charge in [-0.15, -0.1) is 0 Å². The molecule has 0 fully saturated rings. The number of benzene rings is 3. The van der Waals surface area contributed by atoms with Crippen LogP contribution in [0.4, 0.5) is 0 Å². The lowest BCUT2D eigenvalue weighted by molar-refractivity contribution is 0.697. The Morgan fingerprint density at radius 2 is 1.37 bits per heavy atom. The van der Waals surface area contributed by atoms with Crippen LogP contribution in [0.15, 0.2) is 89.9 Å². The Bertz CT molecular complexity index is 795. The fraction of sp³-hybridized carbons (Fsp3) is 0.174. The highest BCUT2D eigenvalue weighted by molar-refractivity contribution is 7.80. The molecule has 3 aromatic carbocycles. The third-order valence-electron chi connectivity index (χ3n) is 4.18. The molecule has 3 nitrogen and oxygen atoms in total. The summed E-state index contributed by atoms with van der Waals surface area (Å²) in [4.78, 5) is 4.63. The number of nitrogens with zero attached hydrogens (tertiary/aromatic N) is 1. The number of hydrogen-bond acceptors (Lipinski definition) is 3. The van der Waals surface area contributed by atoms with Crippen molar-refractivity contribution in [3.8, 4) is 0 Å². The molecule has 0 heterocycles. The second kappa shape index (κ2) is 10.7. The summed E-state index contributed by atoms with van der Waals surface area (Å²) < 4.78 is 0. The summed E-state index contributed by atoms with van der Waals surface area (Å²) in [5, 5.41) is 7.31. The van der Waals surface area contributed by atoms with Gasteiger partial charge in [0.1, 0.15) is 0 Å². The first kappa shape index (κ1) is 19.4. The highest BCUT2D eigenvalue weighted by atomic mass is 31.1. The van der Waals surface area contributed by atoms with Crippen molar-refractivity contribution >= 4 is 30.0 Å². The Morgan fingerprint density at radius 1 is 0.778 bits per heavy atom. The number of aliphatic imine (C=N–C) groups is 1. The smallest absolute Gasteiger partial charge is 0.0514 e. The van der Waals surface area contributed by atoms with E-state index in [0.29, 0.717) is 6.54 Å². The van der Waals surface area contributed by atoms with E-state index in [2.05, 4.69) is 95.2 Å². The van der Waals surface area contributed by atoms with Crippen molar-refractivity contribution in [3.05, 3.63) is 90.5 Å². The molecule has 3 rings (SSSR count). The summed E-state index contributed by atoms with van der Waals surface area (Å²) in [5.74, 6) is 0. The van der Waals surface area contributed by atoms with Crippen LogP contribution in [0.1, 0.15) is 5.56 Å². The fourth-order valence-corrected chi connectivity index (χ4v) is 5.34. The Balaban J connectivity index is 1.90. The summed E-state index contributed by atoms with van der Waals surface area (Å²) >= 11 is 0. The van der Waals surface area contributed by atoms with Gasteiger partial charge in [0.15, 0.2) is 0 Å². The first-order valence-corrected chi connectivity index (χ1v) is 10.6. The summed E-state index contributed by atoms with van der Waals surface area (Å²) in [6, 6.07) is 30.1. The van der Waals surface area contributed by atoms with Crippen molar-refractivity contribution in [2.24, 2.45) is 10.7 Å². The van der Waals surface area contributed by atoms with Crippen LogP contribution in [0, 0.1) is 0 Å². The summed E-state index contributed by atoms with van der Waals surface area (Å²) in [7, 11) is -0.620. The van der Waals surface area contributed by atoms with Gasteiger partial charge in [-0.2, -0.15) is 0 Å². The van der Waals surface area contributed by atoms with Gasteiger partial charge in [-0.1, -0.05) is 84.9 Å². The van der Waals surface area contributed by atoms with Gasteiger partial charge in [-0.3, -0.25) is 4.99 Å². The quantitative estimate of drug-likeness (QED) is 0.343. The second-order valence-corrected chi connectivity index (χ2v) is 8.32. The molecule has 0 atom stereocenters. The Labute approximate surface area is 163 Å². The molecule has 0 spiro atoms. The maximum atomic E-state index is 5.50. The molecule has 0 aromatic heterocycles. The van der Waals surface area contributed by atoms with Gasteiger partial charge >= 0.3 is 0 Å². The Kier molecular flexibility index (Phi) is 7.73. The normalized spacial score (nSPS) is 11.3. The van der Waals surface area contributed by atoms with Gasteiger partial charge in [-0.05, 0) is 23.8 Å². The van der Waals surface area contributed by atoms with Crippen LogP contribution in [0.2, 0.25) is 0 Å². The Morgan fingerprint density at radius 3 is 2.00 bits per heavy atom.